The fourth-order valence-electron chi connectivity index (χ4n) is 3.73. The summed E-state index contributed by atoms with van der Waals surface area (Å²) in [4.78, 5) is 2.42. The van der Waals surface area contributed by atoms with E-state index < -0.39 is 0 Å². The van der Waals surface area contributed by atoms with Gasteiger partial charge in [0.25, 0.3) is 0 Å². The van der Waals surface area contributed by atoms with Crippen molar-refractivity contribution in [3.05, 3.63) is 17.5 Å². The first kappa shape index (κ1) is 13.1. The summed E-state index contributed by atoms with van der Waals surface area (Å²) in [6.07, 6.45) is 9.54. The number of rotatable bonds is 3. The molecule has 0 spiro atoms. The third-order valence-corrected chi connectivity index (χ3v) is 4.89. The molecule has 1 aromatic rings. The number of fused-ring (bicyclic) bond motifs is 1. The summed E-state index contributed by atoms with van der Waals surface area (Å²) in [5.74, 6) is 0.661. The molecule has 1 atom stereocenters. The van der Waals surface area contributed by atoms with Crippen molar-refractivity contribution in [2.24, 2.45) is 5.73 Å². The molecule has 1 unspecified atom stereocenters. The van der Waals surface area contributed by atoms with Crippen LogP contribution in [0, 0.1) is 0 Å². The van der Waals surface area contributed by atoms with E-state index in [2.05, 4.69) is 22.8 Å². The molecule has 0 radical (unpaired) electrons. The quantitative estimate of drug-likeness (QED) is 0.905. The summed E-state index contributed by atoms with van der Waals surface area (Å²) in [6, 6.07) is 0.622. The van der Waals surface area contributed by atoms with Gasteiger partial charge in [0.05, 0.1) is 12.2 Å². The molecule has 2 heterocycles. The van der Waals surface area contributed by atoms with Gasteiger partial charge in [-0.2, -0.15) is 5.10 Å². The highest BCUT2D eigenvalue weighted by atomic mass is 15.3. The summed E-state index contributed by atoms with van der Waals surface area (Å²) in [6.45, 7) is 3.20. The van der Waals surface area contributed by atoms with Gasteiger partial charge in [0.2, 0.25) is 0 Å². The molecule has 4 heteroatoms. The number of nitrogens with zero attached hydrogens (tertiary/aromatic N) is 3. The first-order chi connectivity index (χ1) is 9.29. The Kier molecular flexibility index (Phi) is 3.89. The van der Waals surface area contributed by atoms with E-state index in [1.165, 1.54) is 56.5 Å². The summed E-state index contributed by atoms with van der Waals surface area (Å²) >= 11 is 0. The number of hydrogen-bond acceptors (Lipinski definition) is 3. The van der Waals surface area contributed by atoms with Crippen molar-refractivity contribution in [1.82, 2.24) is 14.7 Å². The van der Waals surface area contributed by atoms with Crippen LogP contribution in [0.1, 0.15) is 55.3 Å². The molecule has 19 heavy (non-hydrogen) atoms. The second kappa shape index (κ2) is 5.63. The summed E-state index contributed by atoms with van der Waals surface area (Å²) < 4.78 is 2.35. The smallest absolute Gasteiger partial charge is 0.0546 e. The largest absolute Gasteiger partial charge is 0.330 e. The highest BCUT2D eigenvalue weighted by molar-refractivity contribution is 5.26. The summed E-state index contributed by atoms with van der Waals surface area (Å²) in [5.41, 5.74) is 8.76. The van der Waals surface area contributed by atoms with E-state index in [4.69, 9.17) is 10.8 Å². The highest BCUT2D eigenvalue weighted by Gasteiger charge is 2.27. The third-order valence-electron chi connectivity index (χ3n) is 4.89. The van der Waals surface area contributed by atoms with E-state index in [1.54, 1.807) is 0 Å². The zero-order chi connectivity index (χ0) is 13.2. The number of hydrogen-bond donors (Lipinski definition) is 1. The maximum atomic E-state index is 5.75. The van der Waals surface area contributed by atoms with E-state index in [-0.39, 0.29) is 0 Å². The molecular formula is C15H26N4. The lowest BCUT2D eigenvalue weighted by Gasteiger charge is -2.31. The Morgan fingerprint density at radius 1 is 1.32 bits per heavy atom. The van der Waals surface area contributed by atoms with E-state index in [0.717, 1.165) is 13.0 Å². The third kappa shape index (κ3) is 2.56. The second-order valence-corrected chi connectivity index (χ2v) is 6.19. The lowest BCUT2D eigenvalue weighted by Crippen LogP contribution is -2.32. The van der Waals surface area contributed by atoms with Crippen molar-refractivity contribution < 1.29 is 0 Å². The van der Waals surface area contributed by atoms with E-state index in [9.17, 15) is 0 Å². The molecular weight excluding hydrogens is 236 g/mol. The Hall–Kier alpha value is -0.870. The van der Waals surface area contributed by atoms with Gasteiger partial charge in [-0.05, 0) is 76.7 Å². The van der Waals surface area contributed by atoms with Crippen LogP contribution in [0.5, 0.6) is 0 Å². The Balaban J connectivity index is 1.80. The molecule has 0 amide bonds. The average molecular weight is 262 g/mol. The summed E-state index contributed by atoms with van der Waals surface area (Å²) in [5, 5.41) is 4.74. The predicted octanol–water partition coefficient (Wildman–Crippen LogP) is 1.92. The van der Waals surface area contributed by atoms with Crippen LogP contribution in [0.3, 0.4) is 0 Å². The Bertz CT molecular complexity index is 418. The molecule has 1 fully saturated rings. The van der Waals surface area contributed by atoms with Crippen LogP contribution < -0.4 is 5.73 Å². The van der Waals surface area contributed by atoms with Gasteiger partial charge in [0.15, 0.2) is 0 Å². The molecule has 1 aromatic heterocycles. The van der Waals surface area contributed by atoms with Crippen molar-refractivity contribution in [2.45, 2.75) is 50.5 Å². The van der Waals surface area contributed by atoms with Crippen LogP contribution >= 0.6 is 0 Å². The number of aromatic nitrogens is 2. The molecule has 0 bridgehead atoms. The SMILES string of the molecule is CN1CCC(n2ncc3c2CCCC3CCN)CC1. The van der Waals surface area contributed by atoms with Gasteiger partial charge < -0.3 is 10.6 Å². The Morgan fingerprint density at radius 2 is 2.11 bits per heavy atom. The van der Waals surface area contributed by atoms with Crippen molar-refractivity contribution in [1.29, 1.82) is 0 Å². The van der Waals surface area contributed by atoms with Gasteiger partial charge in [-0.1, -0.05) is 0 Å². The molecule has 2 aliphatic rings. The van der Waals surface area contributed by atoms with Gasteiger partial charge in [0, 0.05) is 5.69 Å². The molecule has 0 saturated carbocycles. The maximum absolute atomic E-state index is 5.75. The first-order valence-corrected chi connectivity index (χ1v) is 7.74. The average Bonchev–Trinajstić information content (AvgIpc) is 2.85. The van der Waals surface area contributed by atoms with Crippen LogP contribution in [-0.4, -0.2) is 41.4 Å². The van der Waals surface area contributed by atoms with Gasteiger partial charge in [-0.3, -0.25) is 4.68 Å². The minimum Gasteiger partial charge on any atom is -0.330 e. The van der Waals surface area contributed by atoms with Crippen molar-refractivity contribution >= 4 is 0 Å². The fourth-order valence-corrected chi connectivity index (χ4v) is 3.73. The molecule has 1 aliphatic heterocycles. The monoisotopic (exact) mass is 262 g/mol. The van der Waals surface area contributed by atoms with Crippen LogP contribution in [0.15, 0.2) is 6.20 Å². The summed E-state index contributed by atoms with van der Waals surface area (Å²) in [7, 11) is 2.21. The zero-order valence-corrected chi connectivity index (χ0v) is 12.0. The van der Waals surface area contributed by atoms with Crippen molar-refractivity contribution in [3.63, 3.8) is 0 Å². The van der Waals surface area contributed by atoms with Gasteiger partial charge in [-0.15, -0.1) is 0 Å². The fraction of sp³-hybridized carbons (Fsp3) is 0.800. The normalized spacial score (nSPS) is 25.5. The Morgan fingerprint density at radius 3 is 2.84 bits per heavy atom. The van der Waals surface area contributed by atoms with Crippen LogP contribution in [0.4, 0.5) is 0 Å². The van der Waals surface area contributed by atoms with Crippen LogP contribution in [-0.2, 0) is 6.42 Å². The van der Waals surface area contributed by atoms with E-state index in [1.807, 2.05) is 0 Å². The minimum absolute atomic E-state index is 0.622. The van der Waals surface area contributed by atoms with Crippen molar-refractivity contribution in [3.8, 4) is 0 Å². The predicted molar refractivity (Wildman–Crippen MR) is 77.3 cm³/mol. The topological polar surface area (TPSA) is 47.1 Å². The Labute approximate surface area is 116 Å². The van der Waals surface area contributed by atoms with Crippen LogP contribution in [0.2, 0.25) is 0 Å². The second-order valence-electron chi connectivity index (χ2n) is 6.19. The van der Waals surface area contributed by atoms with E-state index >= 15 is 0 Å². The zero-order valence-electron chi connectivity index (χ0n) is 12.0. The molecule has 106 valence electrons. The lowest BCUT2D eigenvalue weighted by molar-refractivity contribution is 0.209. The number of piperidine rings is 1. The van der Waals surface area contributed by atoms with E-state index in [0.29, 0.717) is 12.0 Å². The first-order valence-electron chi connectivity index (χ1n) is 7.74. The molecule has 3 rings (SSSR count). The molecule has 0 aromatic carbocycles. The highest BCUT2D eigenvalue weighted by Crippen LogP contribution is 2.36. The molecule has 1 aliphatic carbocycles. The van der Waals surface area contributed by atoms with Gasteiger partial charge in [0.1, 0.15) is 0 Å². The standard InChI is InChI=1S/C15H26N4/c1-18-9-6-13(7-10-18)19-15-4-2-3-12(5-8-16)14(15)11-17-19/h11-13H,2-10,16H2,1H3. The lowest BCUT2D eigenvalue weighted by atomic mass is 9.84. The molecule has 1 saturated heterocycles. The van der Waals surface area contributed by atoms with Gasteiger partial charge >= 0.3 is 0 Å². The number of likely N-dealkylation sites (tertiary alicyclic amines) is 1. The number of nitrogens with two attached hydrogens (primary N) is 1. The van der Waals surface area contributed by atoms with Gasteiger partial charge in [-0.25, -0.2) is 0 Å². The van der Waals surface area contributed by atoms with Crippen molar-refractivity contribution in [2.75, 3.05) is 26.7 Å². The van der Waals surface area contributed by atoms with Crippen LogP contribution in [0.25, 0.3) is 0 Å². The minimum atomic E-state index is 0.622. The maximum Gasteiger partial charge on any atom is 0.0546 e. The molecule has 4 nitrogen and oxygen atoms in total. The molecule has 2 N–H and O–H groups in total.